The van der Waals surface area contributed by atoms with Gasteiger partial charge in [0.05, 0.1) is 28.3 Å². The number of nitrogens with zero attached hydrogens (tertiary/aromatic N) is 3. The van der Waals surface area contributed by atoms with E-state index in [9.17, 15) is 13.7 Å². The molecule has 0 unspecified atom stereocenters. The number of anilines is 2. The molecule has 0 spiro atoms. The van der Waals surface area contributed by atoms with Crippen LogP contribution >= 0.6 is 23.2 Å². The molecular formula is C24H25Cl2N5O4S. The van der Waals surface area contributed by atoms with Crippen LogP contribution in [0.15, 0.2) is 42.6 Å². The van der Waals surface area contributed by atoms with Crippen molar-refractivity contribution in [1.82, 2.24) is 9.97 Å². The fourth-order valence-electron chi connectivity index (χ4n) is 3.37. The van der Waals surface area contributed by atoms with E-state index in [1.165, 1.54) is 6.20 Å². The maximum atomic E-state index is 11.3. The van der Waals surface area contributed by atoms with Crippen molar-refractivity contribution in [2.75, 3.05) is 29.2 Å². The van der Waals surface area contributed by atoms with Crippen LogP contribution in [0.3, 0.4) is 0 Å². The highest BCUT2D eigenvalue weighted by atomic mass is 35.5. The second kappa shape index (κ2) is 11.2. The van der Waals surface area contributed by atoms with Crippen LogP contribution in [0.1, 0.15) is 36.1 Å². The van der Waals surface area contributed by atoms with E-state index in [-0.39, 0.29) is 30.9 Å². The average molecular weight is 550 g/mol. The molecule has 36 heavy (non-hydrogen) atoms. The molecule has 9 nitrogen and oxygen atoms in total. The van der Waals surface area contributed by atoms with Crippen LogP contribution in [-0.2, 0) is 22.0 Å². The molecule has 0 aliphatic heterocycles. The number of hydrogen-bond donors (Lipinski definition) is 2. The van der Waals surface area contributed by atoms with Crippen LogP contribution in [-0.4, -0.2) is 37.1 Å². The highest BCUT2D eigenvalue weighted by molar-refractivity contribution is 7.91. The lowest BCUT2D eigenvalue weighted by atomic mass is 9.77. The van der Waals surface area contributed by atoms with Gasteiger partial charge in [0.1, 0.15) is 30.9 Å². The lowest BCUT2D eigenvalue weighted by Gasteiger charge is -2.27. The van der Waals surface area contributed by atoms with Crippen molar-refractivity contribution in [2.45, 2.75) is 25.9 Å². The summed E-state index contributed by atoms with van der Waals surface area (Å²) >= 11 is 12.1. The molecule has 190 valence electrons. The Hall–Kier alpha value is -3.26. The van der Waals surface area contributed by atoms with Gasteiger partial charge < -0.3 is 15.2 Å². The van der Waals surface area contributed by atoms with Crippen LogP contribution in [0.5, 0.6) is 11.5 Å². The van der Waals surface area contributed by atoms with Gasteiger partial charge in [-0.15, -0.1) is 11.6 Å². The standard InChI is InChI=1S/C24H25Cl2N5O4S/c1-24(2,18-10-15(12-27)21(20(26)11-18)34-9-8-25)17-4-6-19(7-5-17)35-14-16-13-29-23(30-22(16)28)31-36(3,32)33/h4-7,10-11,13H,8-9,14H2,1-3H3,(H3,28,29,30,31). The molecule has 0 aliphatic rings. The first-order chi connectivity index (χ1) is 16.9. The Morgan fingerprint density at radius 2 is 1.86 bits per heavy atom. The van der Waals surface area contributed by atoms with Crippen LogP contribution in [0.2, 0.25) is 5.02 Å². The van der Waals surface area contributed by atoms with Crippen LogP contribution in [0, 0.1) is 11.3 Å². The molecule has 12 heteroatoms. The van der Waals surface area contributed by atoms with E-state index in [1.54, 1.807) is 12.1 Å². The van der Waals surface area contributed by atoms with E-state index >= 15 is 0 Å². The minimum atomic E-state index is -3.51. The predicted octanol–water partition coefficient (Wildman–Crippen LogP) is 4.48. The van der Waals surface area contributed by atoms with Crippen LogP contribution in [0.4, 0.5) is 11.8 Å². The summed E-state index contributed by atoms with van der Waals surface area (Å²) in [5, 5.41) is 9.94. The number of alkyl halides is 1. The van der Waals surface area contributed by atoms with Gasteiger partial charge >= 0.3 is 0 Å². The molecular weight excluding hydrogens is 525 g/mol. The van der Waals surface area contributed by atoms with Gasteiger partial charge in [0, 0.05) is 11.6 Å². The van der Waals surface area contributed by atoms with Crippen LogP contribution in [0.25, 0.3) is 0 Å². The van der Waals surface area contributed by atoms with Gasteiger partial charge in [-0.05, 0) is 35.4 Å². The summed E-state index contributed by atoms with van der Waals surface area (Å²) in [7, 11) is -3.51. The van der Waals surface area contributed by atoms with Gasteiger partial charge in [0.2, 0.25) is 16.0 Å². The summed E-state index contributed by atoms with van der Waals surface area (Å²) in [6, 6.07) is 13.2. The number of ether oxygens (including phenoxy) is 2. The van der Waals surface area contributed by atoms with E-state index in [0.717, 1.165) is 17.4 Å². The molecule has 3 rings (SSSR count). The van der Waals surface area contributed by atoms with Crippen molar-refractivity contribution in [1.29, 1.82) is 5.26 Å². The van der Waals surface area contributed by atoms with Gasteiger partial charge in [-0.2, -0.15) is 10.2 Å². The fraction of sp³-hybridized carbons (Fsp3) is 0.292. The highest BCUT2D eigenvalue weighted by Crippen LogP contribution is 2.38. The van der Waals surface area contributed by atoms with E-state index in [1.807, 2.05) is 38.1 Å². The number of sulfonamides is 1. The number of hydrogen-bond acceptors (Lipinski definition) is 8. The van der Waals surface area contributed by atoms with Crippen molar-refractivity contribution >= 4 is 45.0 Å². The Kier molecular flexibility index (Phi) is 8.51. The zero-order valence-corrected chi connectivity index (χ0v) is 22.2. The van der Waals surface area contributed by atoms with E-state index in [2.05, 4.69) is 20.8 Å². The highest BCUT2D eigenvalue weighted by Gasteiger charge is 2.26. The Bertz CT molecular complexity index is 1390. The second-order valence-electron chi connectivity index (χ2n) is 8.40. The molecule has 0 saturated heterocycles. The van der Waals surface area contributed by atoms with Gasteiger partial charge in [0.15, 0.2) is 5.75 Å². The van der Waals surface area contributed by atoms with Crippen molar-refractivity contribution in [3.63, 3.8) is 0 Å². The molecule has 3 N–H and O–H groups in total. The molecule has 1 aromatic heterocycles. The van der Waals surface area contributed by atoms with E-state index in [0.29, 0.717) is 27.6 Å². The molecule has 0 radical (unpaired) electrons. The second-order valence-corrected chi connectivity index (χ2v) is 10.9. The average Bonchev–Trinajstić information content (AvgIpc) is 2.81. The van der Waals surface area contributed by atoms with Gasteiger partial charge in [0.25, 0.3) is 0 Å². The summed E-state index contributed by atoms with van der Waals surface area (Å²) in [4.78, 5) is 7.89. The molecule has 0 aliphatic carbocycles. The summed E-state index contributed by atoms with van der Waals surface area (Å²) < 4.78 is 36.1. The summed E-state index contributed by atoms with van der Waals surface area (Å²) in [6.45, 7) is 4.40. The number of nitrogens with one attached hydrogen (secondary N) is 1. The van der Waals surface area contributed by atoms with Gasteiger partial charge in [-0.1, -0.05) is 37.6 Å². The molecule has 0 amide bonds. The third-order valence-corrected chi connectivity index (χ3v) is 6.34. The number of benzene rings is 2. The maximum absolute atomic E-state index is 11.3. The van der Waals surface area contributed by atoms with Crippen molar-refractivity contribution < 1.29 is 17.9 Å². The first kappa shape index (κ1) is 27.3. The van der Waals surface area contributed by atoms with E-state index in [4.69, 9.17) is 38.4 Å². The minimum absolute atomic E-state index is 0.0959. The topological polar surface area (TPSA) is 140 Å². The third-order valence-electron chi connectivity index (χ3n) is 5.35. The summed E-state index contributed by atoms with van der Waals surface area (Å²) in [5.74, 6) is 1.20. The Morgan fingerprint density at radius 3 is 2.44 bits per heavy atom. The zero-order valence-electron chi connectivity index (χ0n) is 19.9. The summed E-state index contributed by atoms with van der Waals surface area (Å²) in [5.41, 5.74) is 8.11. The molecule has 0 saturated carbocycles. The smallest absolute Gasteiger partial charge is 0.238 e. The molecule has 0 bridgehead atoms. The van der Waals surface area contributed by atoms with Crippen LogP contribution < -0.4 is 19.9 Å². The first-order valence-corrected chi connectivity index (χ1v) is 13.5. The molecule has 0 fully saturated rings. The van der Waals surface area contributed by atoms with Crippen molar-refractivity contribution in [3.8, 4) is 17.6 Å². The lowest BCUT2D eigenvalue weighted by Crippen LogP contribution is -2.19. The molecule has 1 heterocycles. The van der Waals surface area contributed by atoms with Crippen molar-refractivity contribution in [2.24, 2.45) is 0 Å². The number of aromatic nitrogens is 2. The maximum Gasteiger partial charge on any atom is 0.238 e. The van der Waals surface area contributed by atoms with E-state index < -0.39 is 15.4 Å². The first-order valence-electron chi connectivity index (χ1n) is 10.7. The van der Waals surface area contributed by atoms with Gasteiger partial charge in [-0.3, -0.25) is 4.72 Å². The molecule has 2 aromatic carbocycles. The summed E-state index contributed by atoms with van der Waals surface area (Å²) in [6.07, 6.45) is 2.41. The number of nitriles is 1. The quantitative estimate of drug-likeness (QED) is 0.352. The monoisotopic (exact) mass is 549 g/mol. The largest absolute Gasteiger partial charge is 0.489 e. The number of rotatable bonds is 10. The third kappa shape index (κ3) is 6.69. The number of nitrogen functional groups attached to an aromatic ring is 1. The fourth-order valence-corrected chi connectivity index (χ4v) is 4.15. The number of nitrogens with two attached hydrogens (primary N) is 1. The van der Waals surface area contributed by atoms with Gasteiger partial charge in [-0.25, -0.2) is 13.4 Å². The normalized spacial score (nSPS) is 11.6. The Balaban J connectivity index is 1.75. The van der Waals surface area contributed by atoms with Crippen molar-refractivity contribution in [3.05, 3.63) is 69.9 Å². The Morgan fingerprint density at radius 1 is 1.17 bits per heavy atom. The zero-order chi connectivity index (χ0) is 26.5. The SMILES string of the molecule is CC(C)(c1ccc(OCc2cnc(NS(C)(=O)=O)nc2N)cc1)c1cc(Cl)c(OCCCl)c(C#N)c1. The molecule has 0 atom stereocenters. The minimum Gasteiger partial charge on any atom is -0.489 e. The predicted molar refractivity (Wildman–Crippen MR) is 140 cm³/mol. The number of halogens is 2. The molecule has 3 aromatic rings. The Labute approximate surface area is 220 Å². The lowest BCUT2D eigenvalue weighted by molar-refractivity contribution is 0.306.